The van der Waals surface area contributed by atoms with E-state index in [0.717, 1.165) is 0 Å². The van der Waals surface area contributed by atoms with Crippen LogP contribution in [0.2, 0.25) is 0 Å². The molecule has 1 atom stereocenters. The predicted molar refractivity (Wildman–Crippen MR) is 73.4 cm³/mol. The van der Waals surface area contributed by atoms with Gasteiger partial charge in [0.2, 0.25) is 0 Å². The number of carbonyl (C=O) groups excluding carboxylic acids is 2. The molecule has 112 valence electrons. The second kappa shape index (κ2) is 6.07. The summed E-state index contributed by atoms with van der Waals surface area (Å²) in [5.74, 6) is -0.523. The van der Waals surface area contributed by atoms with Crippen LogP contribution in [0, 0.1) is 6.92 Å². The Hall–Kier alpha value is -1.85. The van der Waals surface area contributed by atoms with Crippen LogP contribution in [0.5, 0.6) is 0 Å². The predicted octanol–water partition coefficient (Wildman–Crippen LogP) is 2.01. The first-order valence-corrected chi connectivity index (χ1v) is 6.64. The molecule has 6 heteroatoms. The summed E-state index contributed by atoms with van der Waals surface area (Å²) in [4.78, 5) is 24.0. The summed E-state index contributed by atoms with van der Waals surface area (Å²) in [7, 11) is 0. The zero-order valence-electron chi connectivity index (χ0n) is 12.9. The third-order valence-corrected chi connectivity index (χ3v) is 2.62. The standard InChI is InChI=1S/C14H22N2O4/c1-7-10-11(8(2)20-16-10)13(18)19-9(3)12(17)15-14(4,5)6/h9H,7H2,1-6H3,(H,15,17)/t9-/m1/s1. The molecule has 0 aliphatic rings. The molecule has 6 nitrogen and oxygen atoms in total. The van der Waals surface area contributed by atoms with Crippen molar-refractivity contribution >= 4 is 11.9 Å². The molecule has 0 bridgehead atoms. The van der Waals surface area contributed by atoms with Gasteiger partial charge in [0, 0.05) is 5.54 Å². The van der Waals surface area contributed by atoms with E-state index in [9.17, 15) is 9.59 Å². The Balaban J connectivity index is 2.75. The first kappa shape index (κ1) is 16.2. The number of aromatic nitrogens is 1. The van der Waals surface area contributed by atoms with Gasteiger partial charge in [-0.15, -0.1) is 0 Å². The largest absolute Gasteiger partial charge is 0.449 e. The van der Waals surface area contributed by atoms with Crippen LogP contribution in [0.15, 0.2) is 4.52 Å². The van der Waals surface area contributed by atoms with Crippen LogP contribution in [0.3, 0.4) is 0 Å². The van der Waals surface area contributed by atoms with E-state index in [2.05, 4.69) is 10.5 Å². The lowest BCUT2D eigenvalue weighted by molar-refractivity contribution is -0.130. The maximum absolute atomic E-state index is 12.1. The van der Waals surface area contributed by atoms with Crippen molar-refractivity contribution in [3.05, 3.63) is 17.0 Å². The van der Waals surface area contributed by atoms with Crippen LogP contribution >= 0.6 is 0 Å². The Morgan fingerprint density at radius 3 is 2.50 bits per heavy atom. The van der Waals surface area contributed by atoms with E-state index in [4.69, 9.17) is 9.26 Å². The van der Waals surface area contributed by atoms with Gasteiger partial charge in [-0.2, -0.15) is 0 Å². The molecule has 0 aromatic carbocycles. The van der Waals surface area contributed by atoms with Gasteiger partial charge in [0.25, 0.3) is 5.91 Å². The van der Waals surface area contributed by atoms with Crippen molar-refractivity contribution in [2.75, 3.05) is 0 Å². The lowest BCUT2D eigenvalue weighted by Gasteiger charge is -2.23. The summed E-state index contributed by atoms with van der Waals surface area (Å²) in [6.45, 7) is 10.6. The number of esters is 1. The smallest absolute Gasteiger partial charge is 0.344 e. The average Bonchev–Trinajstić information content (AvgIpc) is 2.67. The number of nitrogens with zero attached hydrogens (tertiary/aromatic N) is 1. The first-order chi connectivity index (χ1) is 9.15. The van der Waals surface area contributed by atoms with Crippen LogP contribution in [-0.2, 0) is 16.0 Å². The minimum Gasteiger partial charge on any atom is -0.449 e. The third kappa shape index (κ3) is 4.08. The van der Waals surface area contributed by atoms with Gasteiger partial charge in [0.1, 0.15) is 11.3 Å². The SMILES string of the molecule is CCc1noc(C)c1C(=O)O[C@H](C)C(=O)NC(C)(C)C. The Kier molecular flexibility index (Phi) is 4.92. The molecule has 1 N–H and O–H groups in total. The van der Waals surface area contributed by atoms with Crippen LogP contribution in [-0.4, -0.2) is 28.7 Å². The van der Waals surface area contributed by atoms with Crippen LogP contribution in [0.25, 0.3) is 0 Å². The number of ether oxygens (including phenoxy) is 1. The number of hydrogen-bond donors (Lipinski definition) is 1. The van der Waals surface area contributed by atoms with Gasteiger partial charge in [0.05, 0.1) is 5.69 Å². The van der Waals surface area contributed by atoms with Crippen molar-refractivity contribution in [1.82, 2.24) is 10.5 Å². The summed E-state index contributed by atoms with van der Waals surface area (Å²) in [5.41, 5.74) is 0.471. The van der Waals surface area contributed by atoms with E-state index in [1.165, 1.54) is 6.92 Å². The van der Waals surface area contributed by atoms with Gasteiger partial charge in [-0.25, -0.2) is 4.79 Å². The molecule has 1 aromatic rings. The molecule has 1 heterocycles. The molecule has 1 rings (SSSR count). The van der Waals surface area contributed by atoms with E-state index in [0.29, 0.717) is 23.4 Å². The van der Waals surface area contributed by atoms with Crippen molar-refractivity contribution in [3.8, 4) is 0 Å². The van der Waals surface area contributed by atoms with Gasteiger partial charge in [-0.1, -0.05) is 12.1 Å². The van der Waals surface area contributed by atoms with E-state index in [1.54, 1.807) is 6.92 Å². The van der Waals surface area contributed by atoms with Crippen LogP contribution in [0.4, 0.5) is 0 Å². The van der Waals surface area contributed by atoms with Gasteiger partial charge < -0.3 is 14.6 Å². The van der Waals surface area contributed by atoms with E-state index in [1.807, 2.05) is 27.7 Å². The number of rotatable bonds is 4. The Morgan fingerprint density at radius 2 is 2.00 bits per heavy atom. The highest BCUT2D eigenvalue weighted by atomic mass is 16.5. The quantitative estimate of drug-likeness (QED) is 0.854. The topological polar surface area (TPSA) is 81.4 Å². The molecular weight excluding hydrogens is 260 g/mol. The highest BCUT2D eigenvalue weighted by molar-refractivity contribution is 5.94. The van der Waals surface area contributed by atoms with Crippen molar-refractivity contribution in [3.63, 3.8) is 0 Å². The van der Waals surface area contributed by atoms with Crippen molar-refractivity contribution < 1.29 is 18.8 Å². The molecule has 0 fully saturated rings. The second-order valence-electron chi connectivity index (χ2n) is 5.70. The van der Waals surface area contributed by atoms with Crippen molar-refractivity contribution in [1.29, 1.82) is 0 Å². The number of nitrogens with one attached hydrogen (secondary N) is 1. The first-order valence-electron chi connectivity index (χ1n) is 6.64. The Bertz CT molecular complexity index is 500. The Labute approximate surface area is 118 Å². The lowest BCUT2D eigenvalue weighted by atomic mass is 10.1. The minimum absolute atomic E-state index is 0.308. The monoisotopic (exact) mass is 282 g/mol. The zero-order chi connectivity index (χ0) is 15.5. The average molecular weight is 282 g/mol. The fraction of sp³-hybridized carbons (Fsp3) is 0.643. The van der Waals surface area contributed by atoms with Gasteiger partial charge in [-0.3, -0.25) is 4.79 Å². The maximum Gasteiger partial charge on any atom is 0.344 e. The fourth-order valence-electron chi connectivity index (χ4n) is 1.67. The molecular formula is C14H22N2O4. The van der Waals surface area contributed by atoms with Crippen LogP contribution in [0.1, 0.15) is 56.4 Å². The van der Waals surface area contributed by atoms with Gasteiger partial charge in [0.15, 0.2) is 6.10 Å². The molecule has 0 unspecified atom stereocenters. The fourth-order valence-corrected chi connectivity index (χ4v) is 1.67. The normalized spacial score (nSPS) is 12.9. The minimum atomic E-state index is -0.874. The zero-order valence-corrected chi connectivity index (χ0v) is 12.9. The molecule has 0 saturated carbocycles. The van der Waals surface area contributed by atoms with Crippen LogP contribution < -0.4 is 5.32 Å². The number of amides is 1. The van der Waals surface area contributed by atoms with E-state index in [-0.39, 0.29) is 11.4 Å². The van der Waals surface area contributed by atoms with E-state index >= 15 is 0 Å². The maximum atomic E-state index is 12.1. The van der Waals surface area contributed by atoms with Gasteiger partial charge in [-0.05, 0) is 41.0 Å². The van der Waals surface area contributed by atoms with Crippen molar-refractivity contribution in [2.45, 2.75) is 59.6 Å². The molecule has 0 saturated heterocycles. The molecule has 0 aliphatic heterocycles. The molecule has 0 spiro atoms. The highest BCUT2D eigenvalue weighted by Gasteiger charge is 2.26. The number of aryl methyl sites for hydroxylation is 2. The summed E-state index contributed by atoms with van der Waals surface area (Å²) < 4.78 is 10.2. The molecule has 1 aromatic heterocycles. The summed E-state index contributed by atoms with van der Waals surface area (Å²) in [5, 5.41) is 6.55. The molecule has 20 heavy (non-hydrogen) atoms. The molecule has 0 radical (unpaired) electrons. The molecule has 1 amide bonds. The summed E-state index contributed by atoms with van der Waals surface area (Å²) >= 11 is 0. The van der Waals surface area contributed by atoms with E-state index < -0.39 is 12.1 Å². The second-order valence-corrected chi connectivity index (χ2v) is 5.70. The lowest BCUT2D eigenvalue weighted by Crippen LogP contribution is -2.46. The number of hydrogen-bond acceptors (Lipinski definition) is 5. The van der Waals surface area contributed by atoms with Crippen molar-refractivity contribution in [2.24, 2.45) is 0 Å². The Morgan fingerprint density at radius 1 is 1.40 bits per heavy atom. The third-order valence-electron chi connectivity index (χ3n) is 2.62. The molecule has 0 aliphatic carbocycles. The highest BCUT2D eigenvalue weighted by Crippen LogP contribution is 2.16. The summed E-state index contributed by atoms with van der Waals surface area (Å²) in [6, 6.07) is 0. The summed E-state index contributed by atoms with van der Waals surface area (Å²) in [6.07, 6.45) is -0.314. The van der Waals surface area contributed by atoms with Gasteiger partial charge >= 0.3 is 5.97 Å². The number of carbonyl (C=O) groups is 2.